The van der Waals surface area contributed by atoms with Crippen molar-refractivity contribution in [1.82, 2.24) is 4.98 Å². The highest BCUT2D eigenvalue weighted by Gasteiger charge is 2.20. The third kappa shape index (κ3) is 3.85. The van der Waals surface area contributed by atoms with Crippen LogP contribution in [-0.4, -0.2) is 37.2 Å². The summed E-state index contributed by atoms with van der Waals surface area (Å²) in [6.07, 6.45) is 1.15. The molecule has 0 atom stereocenters. The first-order chi connectivity index (χ1) is 13.2. The minimum absolute atomic E-state index is 0.271. The van der Waals surface area contributed by atoms with Gasteiger partial charge in [0.1, 0.15) is 5.82 Å². The number of benzene rings is 2. The topological polar surface area (TPSA) is 143 Å². The number of aromatic nitrogens is 1. The standard InChI is InChI=1S/C20H17N3O5/c1-11-5-15(22-18(21)6-11)13-4-2-3-12(7-13)10-23(28)19-16(24)8-14(20(26)27)9-17(19)25/h2-10,24-25H,1H3,(H2,21,22)(H,26,27)/b23-10-. The molecule has 0 unspecified atom stereocenters. The van der Waals surface area contributed by atoms with E-state index in [1.807, 2.05) is 19.1 Å². The molecule has 8 heteroatoms. The second kappa shape index (κ2) is 7.28. The zero-order valence-corrected chi connectivity index (χ0v) is 14.8. The number of aromatic hydroxyl groups is 2. The van der Waals surface area contributed by atoms with Crippen molar-refractivity contribution in [3.63, 3.8) is 0 Å². The molecule has 1 heterocycles. The van der Waals surface area contributed by atoms with Crippen molar-refractivity contribution >= 4 is 23.7 Å². The molecule has 0 saturated heterocycles. The minimum Gasteiger partial charge on any atom is -0.618 e. The molecule has 0 amide bonds. The molecule has 1 aromatic heterocycles. The van der Waals surface area contributed by atoms with Gasteiger partial charge in [-0.3, -0.25) is 0 Å². The summed E-state index contributed by atoms with van der Waals surface area (Å²) < 4.78 is 0.271. The van der Waals surface area contributed by atoms with E-state index in [0.717, 1.165) is 29.5 Å². The van der Waals surface area contributed by atoms with E-state index in [2.05, 4.69) is 4.98 Å². The predicted molar refractivity (Wildman–Crippen MR) is 104 cm³/mol. The maximum Gasteiger partial charge on any atom is 0.335 e. The summed E-state index contributed by atoms with van der Waals surface area (Å²) in [7, 11) is 0. The van der Waals surface area contributed by atoms with Gasteiger partial charge in [-0.1, -0.05) is 12.1 Å². The average molecular weight is 379 g/mol. The highest BCUT2D eigenvalue weighted by atomic mass is 16.5. The van der Waals surface area contributed by atoms with Crippen LogP contribution in [0.15, 0.2) is 48.5 Å². The number of carbonyl (C=O) groups is 1. The van der Waals surface area contributed by atoms with Gasteiger partial charge in [0.2, 0.25) is 0 Å². The number of phenolic OH excluding ortho intramolecular Hbond substituents is 2. The van der Waals surface area contributed by atoms with Gasteiger partial charge in [-0.05, 0) is 36.8 Å². The number of phenols is 2. The van der Waals surface area contributed by atoms with Crippen molar-refractivity contribution in [2.75, 3.05) is 5.73 Å². The van der Waals surface area contributed by atoms with E-state index in [1.54, 1.807) is 24.3 Å². The smallest absolute Gasteiger partial charge is 0.335 e. The lowest BCUT2D eigenvalue weighted by Gasteiger charge is -2.09. The third-order valence-corrected chi connectivity index (χ3v) is 3.98. The number of carboxylic acid groups (broad SMARTS) is 1. The first kappa shape index (κ1) is 18.7. The van der Waals surface area contributed by atoms with Gasteiger partial charge in [-0.15, -0.1) is 0 Å². The highest BCUT2D eigenvalue weighted by molar-refractivity contribution is 5.90. The highest BCUT2D eigenvalue weighted by Crippen LogP contribution is 2.36. The molecule has 0 bridgehead atoms. The monoisotopic (exact) mass is 379 g/mol. The number of pyridine rings is 1. The Kier molecular flexibility index (Phi) is 4.86. The lowest BCUT2D eigenvalue weighted by Crippen LogP contribution is -2.02. The molecule has 3 rings (SSSR count). The molecular weight excluding hydrogens is 362 g/mol. The number of hydrogen-bond acceptors (Lipinski definition) is 6. The summed E-state index contributed by atoms with van der Waals surface area (Å²) in [5.74, 6) is -2.25. The first-order valence-electron chi connectivity index (χ1n) is 8.19. The van der Waals surface area contributed by atoms with Crippen LogP contribution in [0, 0.1) is 12.1 Å². The van der Waals surface area contributed by atoms with E-state index < -0.39 is 23.2 Å². The second-order valence-corrected chi connectivity index (χ2v) is 6.20. The molecular formula is C20H17N3O5. The largest absolute Gasteiger partial charge is 0.618 e. The number of carboxylic acids is 1. The lowest BCUT2D eigenvalue weighted by atomic mass is 10.1. The van der Waals surface area contributed by atoms with Crippen molar-refractivity contribution in [3.8, 4) is 22.8 Å². The Bertz CT molecular complexity index is 1070. The number of nitrogen functional groups attached to an aromatic ring is 1. The lowest BCUT2D eigenvalue weighted by molar-refractivity contribution is -0.356. The Morgan fingerprint density at radius 3 is 2.43 bits per heavy atom. The van der Waals surface area contributed by atoms with Crippen molar-refractivity contribution in [3.05, 3.63) is 70.4 Å². The molecule has 0 aliphatic heterocycles. The molecule has 2 aromatic carbocycles. The fraction of sp³-hybridized carbons (Fsp3) is 0.0500. The molecule has 8 nitrogen and oxygen atoms in total. The summed E-state index contributed by atoms with van der Waals surface area (Å²) >= 11 is 0. The first-order valence-corrected chi connectivity index (χ1v) is 8.19. The summed E-state index contributed by atoms with van der Waals surface area (Å²) in [4.78, 5) is 15.2. The molecule has 0 spiro atoms. The minimum atomic E-state index is -1.34. The molecule has 142 valence electrons. The third-order valence-electron chi connectivity index (χ3n) is 3.98. The van der Waals surface area contributed by atoms with E-state index >= 15 is 0 Å². The maximum atomic E-state index is 12.5. The Morgan fingerprint density at radius 1 is 1.14 bits per heavy atom. The van der Waals surface area contributed by atoms with Gasteiger partial charge in [-0.2, -0.15) is 4.74 Å². The second-order valence-electron chi connectivity index (χ2n) is 6.20. The van der Waals surface area contributed by atoms with E-state index in [1.165, 1.54) is 0 Å². The molecule has 3 aromatic rings. The van der Waals surface area contributed by atoms with Crippen molar-refractivity contribution in [2.45, 2.75) is 6.92 Å². The molecule has 0 aliphatic rings. The van der Waals surface area contributed by atoms with Crippen LogP contribution in [0.1, 0.15) is 21.5 Å². The van der Waals surface area contributed by atoms with Gasteiger partial charge in [0.15, 0.2) is 17.7 Å². The average Bonchev–Trinajstić information content (AvgIpc) is 2.60. The number of aryl methyl sites for hydroxylation is 1. The van der Waals surface area contributed by atoms with E-state index in [9.17, 15) is 20.2 Å². The summed E-state index contributed by atoms with van der Waals surface area (Å²) in [6, 6.07) is 12.3. The van der Waals surface area contributed by atoms with Crippen LogP contribution in [0.3, 0.4) is 0 Å². The quantitative estimate of drug-likeness (QED) is 0.236. The van der Waals surface area contributed by atoms with Crippen LogP contribution in [0.4, 0.5) is 11.5 Å². The van der Waals surface area contributed by atoms with Gasteiger partial charge >= 0.3 is 11.7 Å². The Hall–Kier alpha value is -4.07. The predicted octanol–water partition coefficient (Wildman–Crippen LogP) is 3.01. The zero-order chi connectivity index (χ0) is 20.4. The van der Waals surface area contributed by atoms with Crippen LogP contribution in [0.2, 0.25) is 0 Å². The molecule has 0 aliphatic carbocycles. The van der Waals surface area contributed by atoms with E-state index in [-0.39, 0.29) is 10.3 Å². The number of hydrogen-bond donors (Lipinski definition) is 4. The molecule has 28 heavy (non-hydrogen) atoms. The van der Waals surface area contributed by atoms with Crippen LogP contribution in [0.25, 0.3) is 11.3 Å². The van der Waals surface area contributed by atoms with Crippen molar-refractivity contribution in [1.29, 1.82) is 0 Å². The molecule has 0 fully saturated rings. The van der Waals surface area contributed by atoms with Gasteiger partial charge in [-0.25, -0.2) is 9.78 Å². The van der Waals surface area contributed by atoms with Crippen molar-refractivity contribution < 1.29 is 24.9 Å². The van der Waals surface area contributed by atoms with Crippen LogP contribution in [0.5, 0.6) is 11.5 Å². The van der Waals surface area contributed by atoms with Crippen LogP contribution < -0.4 is 5.73 Å². The number of nitrogens with two attached hydrogens (primary N) is 1. The number of nitrogens with zero attached hydrogens (tertiary/aromatic N) is 2. The van der Waals surface area contributed by atoms with E-state index in [4.69, 9.17) is 10.8 Å². The van der Waals surface area contributed by atoms with Gasteiger partial charge in [0, 0.05) is 23.3 Å². The zero-order valence-electron chi connectivity index (χ0n) is 14.8. The van der Waals surface area contributed by atoms with Crippen LogP contribution in [-0.2, 0) is 0 Å². The van der Waals surface area contributed by atoms with Gasteiger partial charge < -0.3 is 26.3 Å². The normalized spacial score (nSPS) is 11.4. The fourth-order valence-electron chi connectivity index (χ4n) is 2.77. The molecule has 0 radical (unpaired) electrons. The van der Waals surface area contributed by atoms with Crippen molar-refractivity contribution in [2.24, 2.45) is 0 Å². The number of rotatable bonds is 4. The number of anilines is 1. The Morgan fingerprint density at radius 2 is 1.82 bits per heavy atom. The van der Waals surface area contributed by atoms with Crippen LogP contribution >= 0.6 is 0 Å². The molecule has 0 saturated carbocycles. The Labute approximate surface area is 160 Å². The summed E-state index contributed by atoms with van der Waals surface area (Å²) in [5.41, 5.74) is 7.79. The number of aromatic carboxylic acids is 1. The van der Waals surface area contributed by atoms with E-state index in [0.29, 0.717) is 17.1 Å². The summed E-state index contributed by atoms with van der Waals surface area (Å²) in [5, 5.41) is 41.3. The van der Waals surface area contributed by atoms with Gasteiger partial charge in [0.05, 0.1) is 11.3 Å². The SMILES string of the molecule is Cc1cc(N)nc(-c2cccc(/C=[N+](\[O-])c3c(O)cc(C(=O)O)cc3O)c2)c1. The summed E-state index contributed by atoms with van der Waals surface area (Å²) in [6.45, 7) is 1.89. The fourth-order valence-corrected chi connectivity index (χ4v) is 2.77. The Balaban J connectivity index is 2.01. The van der Waals surface area contributed by atoms with Gasteiger partial charge in [0.25, 0.3) is 0 Å². The molecule has 5 N–H and O–H groups in total. The maximum absolute atomic E-state index is 12.5.